The van der Waals surface area contributed by atoms with Crippen LogP contribution in [-0.2, 0) is 0 Å². The minimum atomic E-state index is 0.674. The third-order valence-electron chi connectivity index (χ3n) is 9.41. The second kappa shape index (κ2) is 10.9. The molecular weight excluding hydrogens is 599 g/mol. The Labute approximate surface area is 281 Å². The normalized spacial score (nSPS) is 11.7. The fraction of sp³-hybridized carbons (Fsp3) is 0. The van der Waals surface area contributed by atoms with E-state index in [1.54, 1.807) is 4.80 Å². The van der Waals surface area contributed by atoms with Crippen molar-refractivity contribution in [2.75, 3.05) is 0 Å². The third-order valence-corrected chi connectivity index (χ3v) is 9.41. The van der Waals surface area contributed by atoms with E-state index >= 15 is 0 Å². The number of para-hydroxylation sites is 1. The van der Waals surface area contributed by atoms with Gasteiger partial charge in [0.2, 0.25) is 0 Å². The number of hydrogen-bond donors (Lipinski definition) is 0. The maximum absolute atomic E-state index is 5.22. The van der Waals surface area contributed by atoms with Gasteiger partial charge in [-0.1, -0.05) is 121 Å². The summed E-state index contributed by atoms with van der Waals surface area (Å²) in [6, 6.07) is 57.1. The van der Waals surface area contributed by atoms with Gasteiger partial charge in [-0.3, -0.25) is 0 Å². The molecule has 8 aromatic carbocycles. The third kappa shape index (κ3) is 4.71. The molecule has 10 rings (SSSR count). The highest BCUT2D eigenvalue weighted by Crippen LogP contribution is 2.35. The van der Waals surface area contributed by atoms with E-state index in [0.717, 1.165) is 66.3 Å². The Morgan fingerprint density at radius 2 is 0.939 bits per heavy atom. The van der Waals surface area contributed by atoms with Crippen LogP contribution in [0.15, 0.2) is 164 Å². The van der Waals surface area contributed by atoms with Crippen LogP contribution in [0.25, 0.3) is 93.7 Å². The standard InChI is InChI=1S/C44H27N5/c1-2-12-37(13-3-1)49-47-39-23-22-31-18-16-30-17-21-36(26-38(30)42(31)43(39)48-49)44-45-40(34-19-14-28-8-4-6-10-32(28)24-34)27-41(46-44)35-20-15-29-9-5-7-11-33(29)25-35/h1-27H. The first-order valence-electron chi connectivity index (χ1n) is 16.4. The number of hydrogen-bond acceptors (Lipinski definition) is 4. The molecular formula is C44H27N5. The van der Waals surface area contributed by atoms with Gasteiger partial charge in [-0.05, 0) is 80.2 Å². The van der Waals surface area contributed by atoms with Gasteiger partial charge in [-0.2, -0.15) is 4.80 Å². The summed E-state index contributed by atoms with van der Waals surface area (Å²) in [4.78, 5) is 12.2. The van der Waals surface area contributed by atoms with Crippen LogP contribution in [0.3, 0.4) is 0 Å². The Kier molecular flexibility index (Phi) is 6.11. The molecule has 0 spiro atoms. The molecule has 0 fully saturated rings. The molecule has 0 bridgehead atoms. The van der Waals surface area contributed by atoms with Crippen molar-refractivity contribution in [1.29, 1.82) is 0 Å². The van der Waals surface area contributed by atoms with Crippen LogP contribution in [0.2, 0.25) is 0 Å². The predicted molar refractivity (Wildman–Crippen MR) is 201 cm³/mol. The maximum Gasteiger partial charge on any atom is 0.160 e. The summed E-state index contributed by atoms with van der Waals surface area (Å²) in [6.07, 6.45) is 0. The molecule has 0 radical (unpaired) electrons. The van der Waals surface area contributed by atoms with E-state index in [0.29, 0.717) is 5.82 Å². The molecule has 0 aliphatic rings. The SMILES string of the molecule is c1ccc(-n2nc3ccc4ccc5ccc(-c6nc(-c7ccc8ccccc8c7)cc(-c7ccc8ccccc8c7)n6)cc5c4c3n2)cc1. The molecule has 0 saturated carbocycles. The van der Waals surface area contributed by atoms with Crippen LogP contribution in [0, 0.1) is 0 Å². The van der Waals surface area contributed by atoms with E-state index in [1.165, 1.54) is 21.5 Å². The lowest BCUT2D eigenvalue weighted by molar-refractivity contribution is 0.766. The van der Waals surface area contributed by atoms with Crippen molar-refractivity contribution in [1.82, 2.24) is 25.0 Å². The molecule has 228 valence electrons. The Bertz CT molecular complexity index is 2790. The molecule has 49 heavy (non-hydrogen) atoms. The van der Waals surface area contributed by atoms with Crippen LogP contribution in [0.4, 0.5) is 0 Å². The van der Waals surface area contributed by atoms with Crippen molar-refractivity contribution in [2.24, 2.45) is 0 Å². The van der Waals surface area contributed by atoms with Crippen LogP contribution in [-0.4, -0.2) is 25.0 Å². The lowest BCUT2D eigenvalue weighted by Gasteiger charge is -2.12. The number of aromatic nitrogens is 5. The van der Waals surface area contributed by atoms with Crippen LogP contribution >= 0.6 is 0 Å². The van der Waals surface area contributed by atoms with Crippen molar-refractivity contribution in [3.05, 3.63) is 164 Å². The van der Waals surface area contributed by atoms with Crippen LogP contribution < -0.4 is 0 Å². The quantitative estimate of drug-likeness (QED) is 0.183. The van der Waals surface area contributed by atoms with E-state index < -0.39 is 0 Å². The van der Waals surface area contributed by atoms with E-state index in [1.807, 2.05) is 36.4 Å². The van der Waals surface area contributed by atoms with Crippen LogP contribution in [0.1, 0.15) is 0 Å². The molecule has 5 heteroatoms. The van der Waals surface area contributed by atoms with Gasteiger partial charge in [-0.25, -0.2) is 9.97 Å². The molecule has 10 aromatic rings. The van der Waals surface area contributed by atoms with Gasteiger partial charge in [-0.15, -0.1) is 10.2 Å². The Morgan fingerprint density at radius 3 is 1.63 bits per heavy atom. The van der Waals surface area contributed by atoms with E-state index in [4.69, 9.17) is 20.2 Å². The molecule has 0 saturated heterocycles. The average molecular weight is 626 g/mol. The first-order chi connectivity index (χ1) is 24.2. The van der Waals surface area contributed by atoms with Crippen molar-refractivity contribution < 1.29 is 0 Å². The fourth-order valence-electron chi connectivity index (χ4n) is 6.90. The molecule has 0 amide bonds. The van der Waals surface area contributed by atoms with Gasteiger partial charge in [0.05, 0.1) is 17.1 Å². The van der Waals surface area contributed by atoms with Gasteiger partial charge in [0, 0.05) is 22.1 Å². The molecule has 2 aromatic heterocycles. The van der Waals surface area contributed by atoms with Crippen LogP contribution in [0.5, 0.6) is 0 Å². The first-order valence-corrected chi connectivity index (χ1v) is 16.4. The Balaban J connectivity index is 1.19. The minimum absolute atomic E-state index is 0.674. The van der Waals surface area contributed by atoms with E-state index in [9.17, 15) is 0 Å². The lowest BCUT2D eigenvalue weighted by Crippen LogP contribution is -1.97. The number of nitrogens with zero attached hydrogens (tertiary/aromatic N) is 5. The molecule has 0 N–H and O–H groups in total. The lowest BCUT2D eigenvalue weighted by atomic mass is 9.98. The number of benzene rings is 8. The van der Waals surface area contributed by atoms with E-state index in [2.05, 4.69) is 127 Å². The van der Waals surface area contributed by atoms with Crippen molar-refractivity contribution in [3.63, 3.8) is 0 Å². The highest BCUT2D eigenvalue weighted by molar-refractivity contribution is 6.18. The average Bonchev–Trinajstić information content (AvgIpc) is 3.62. The van der Waals surface area contributed by atoms with Crippen molar-refractivity contribution in [3.8, 4) is 39.6 Å². The summed E-state index contributed by atoms with van der Waals surface area (Å²) < 4.78 is 0. The molecule has 0 atom stereocenters. The highest BCUT2D eigenvalue weighted by Gasteiger charge is 2.15. The summed E-state index contributed by atoms with van der Waals surface area (Å²) in [5.41, 5.74) is 7.44. The van der Waals surface area contributed by atoms with Gasteiger partial charge in [0.1, 0.15) is 11.0 Å². The number of fused-ring (bicyclic) bond motifs is 7. The second-order valence-corrected chi connectivity index (χ2v) is 12.4. The Morgan fingerprint density at radius 1 is 0.388 bits per heavy atom. The molecule has 0 aliphatic carbocycles. The molecule has 2 heterocycles. The zero-order valence-corrected chi connectivity index (χ0v) is 26.3. The second-order valence-electron chi connectivity index (χ2n) is 12.4. The van der Waals surface area contributed by atoms with Gasteiger partial charge in [0.25, 0.3) is 0 Å². The number of rotatable bonds is 4. The largest absolute Gasteiger partial charge is 0.228 e. The molecule has 0 aliphatic heterocycles. The minimum Gasteiger partial charge on any atom is -0.228 e. The smallest absolute Gasteiger partial charge is 0.160 e. The summed E-state index contributed by atoms with van der Waals surface area (Å²) in [5, 5.41) is 19.0. The Hall–Kier alpha value is -6.72. The molecule has 0 unspecified atom stereocenters. The molecule has 5 nitrogen and oxygen atoms in total. The topological polar surface area (TPSA) is 56.5 Å². The zero-order chi connectivity index (χ0) is 32.3. The summed E-state index contributed by atoms with van der Waals surface area (Å²) >= 11 is 0. The van der Waals surface area contributed by atoms with Gasteiger partial charge in [0.15, 0.2) is 5.82 Å². The highest BCUT2D eigenvalue weighted by atomic mass is 15.5. The van der Waals surface area contributed by atoms with E-state index in [-0.39, 0.29) is 0 Å². The van der Waals surface area contributed by atoms with Crippen molar-refractivity contribution >= 4 is 54.1 Å². The summed E-state index contributed by atoms with van der Waals surface area (Å²) in [7, 11) is 0. The summed E-state index contributed by atoms with van der Waals surface area (Å²) in [6.45, 7) is 0. The fourth-order valence-corrected chi connectivity index (χ4v) is 6.90. The predicted octanol–water partition coefficient (Wildman–Crippen LogP) is 10.8. The maximum atomic E-state index is 5.22. The van der Waals surface area contributed by atoms with Gasteiger partial charge >= 0.3 is 0 Å². The zero-order valence-electron chi connectivity index (χ0n) is 26.3. The van der Waals surface area contributed by atoms with Crippen molar-refractivity contribution in [2.45, 2.75) is 0 Å². The summed E-state index contributed by atoms with van der Waals surface area (Å²) in [5.74, 6) is 0.674. The monoisotopic (exact) mass is 625 g/mol. The first kappa shape index (κ1) is 27.4. The van der Waals surface area contributed by atoms with Gasteiger partial charge < -0.3 is 0 Å².